The van der Waals surface area contributed by atoms with Crippen molar-refractivity contribution in [3.8, 4) is 0 Å². The highest BCUT2D eigenvalue weighted by molar-refractivity contribution is 7.93. The summed E-state index contributed by atoms with van der Waals surface area (Å²) in [6.07, 6.45) is 3.01. The maximum absolute atomic E-state index is 11.9. The summed E-state index contributed by atoms with van der Waals surface area (Å²) in [7, 11) is -3.29. The minimum Gasteiger partial charge on any atom is -0.315 e. The fourth-order valence-corrected chi connectivity index (χ4v) is 3.61. The first kappa shape index (κ1) is 10.8. The SMILES string of the molecule is O=S(=O)(Nc1cnns1)C1CCCNC1. The van der Waals surface area contributed by atoms with Crippen LogP contribution in [0.15, 0.2) is 6.20 Å². The van der Waals surface area contributed by atoms with Crippen molar-refractivity contribution in [2.75, 3.05) is 17.8 Å². The summed E-state index contributed by atoms with van der Waals surface area (Å²) >= 11 is 1.04. The lowest BCUT2D eigenvalue weighted by Crippen LogP contribution is -2.41. The second-order valence-electron chi connectivity index (χ2n) is 3.40. The zero-order valence-electron chi connectivity index (χ0n) is 8.01. The van der Waals surface area contributed by atoms with Crippen LogP contribution in [0.5, 0.6) is 0 Å². The highest BCUT2D eigenvalue weighted by atomic mass is 32.2. The van der Waals surface area contributed by atoms with Crippen LogP contribution in [0.3, 0.4) is 0 Å². The quantitative estimate of drug-likeness (QED) is 0.788. The van der Waals surface area contributed by atoms with E-state index in [2.05, 4.69) is 19.6 Å². The van der Waals surface area contributed by atoms with Crippen LogP contribution < -0.4 is 10.0 Å². The summed E-state index contributed by atoms with van der Waals surface area (Å²) in [6.45, 7) is 1.41. The highest BCUT2D eigenvalue weighted by Gasteiger charge is 2.27. The Hall–Kier alpha value is -0.730. The van der Waals surface area contributed by atoms with Gasteiger partial charge in [-0.2, -0.15) is 0 Å². The van der Waals surface area contributed by atoms with E-state index < -0.39 is 10.0 Å². The predicted molar refractivity (Wildman–Crippen MR) is 58.3 cm³/mol. The summed E-state index contributed by atoms with van der Waals surface area (Å²) < 4.78 is 29.8. The van der Waals surface area contributed by atoms with Crippen molar-refractivity contribution < 1.29 is 8.42 Å². The number of piperidine rings is 1. The lowest BCUT2D eigenvalue weighted by molar-refractivity contribution is 0.499. The maximum Gasteiger partial charge on any atom is 0.237 e. The molecular formula is C7H12N4O2S2. The van der Waals surface area contributed by atoms with Crippen molar-refractivity contribution in [1.29, 1.82) is 0 Å². The van der Waals surface area contributed by atoms with Crippen LogP contribution in [0.4, 0.5) is 5.00 Å². The van der Waals surface area contributed by atoms with Crippen LogP contribution in [-0.2, 0) is 10.0 Å². The summed E-state index contributed by atoms with van der Waals surface area (Å²) in [5.41, 5.74) is 0. The second kappa shape index (κ2) is 4.42. The Morgan fingerprint density at radius 2 is 2.47 bits per heavy atom. The third-order valence-electron chi connectivity index (χ3n) is 2.29. The van der Waals surface area contributed by atoms with Crippen molar-refractivity contribution in [2.24, 2.45) is 0 Å². The smallest absolute Gasteiger partial charge is 0.237 e. The third kappa shape index (κ3) is 2.64. The lowest BCUT2D eigenvalue weighted by atomic mass is 10.2. The molecule has 2 heterocycles. The van der Waals surface area contributed by atoms with Crippen LogP contribution in [0.2, 0.25) is 0 Å². The largest absolute Gasteiger partial charge is 0.315 e. The van der Waals surface area contributed by atoms with E-state index >= 15 is 0 Å². The minimum absolute atomic E-state index is 0.353. The number of hydrogen-bond donors (Lipinski definition) is 2. The van der Waals surface area contributed by atoms with Gasteiger partial charge in [0.1, 0.15) is 5.00 Å². The Bertz CT molecular complexity index is 397. The van der Waals surface area contributed by atoms with E-state index in [4.69, 9.17) is 0 Å². The van der Waals surface area contributed by atoms with E-state index in [1.807, 2.05) is 0 Å². The molecule has 0 spiro atoms. The zero-order valence-corrected chi connectivity index (χ0v) is 9.64. The number of nitrogens with zero attached hydrogens (tertiary/aromatic N) is 2. The van der Waals surface area contributed by atoms with E-state index in [1.54, 1.807) is 0 Å². The van der Waals surface area contributed by atoms with E-state index in [0.29, 0.717) is 18.0 Å². The molecule has 84 valence electrons. The topological polar surface area (TPSA) is 84.0 Å². The van der Waals surface area contributed by atoms with Gasteiger partial charge in [0.15, 0.2) is 0 Å². The maximum atomic E-state index is 11.9. The molecule has 1 aliphatic rings. The molecule has 6 nitrogen and oxygen atoms in total. The Morgan fingerprint density at radius 1 is 1.60 bits per heavy atom. The van der Waals surface area contributed by atoms with Crippen LogP contribution in [0, 0.1) is 0 Å². The molecule has 2 rings (SSSR count). The van der Waals surface area contributed by atoms with Gasteiger partial charge in [0.05, 0.1) is 11.4 Å². The molecule has 8 heteroatoms. The highest BCUT2D eigenvalue weighted by Crippen LogP contribution is 2.17. The summed E-state index contributed by atoms with van der Waals surface area (Å²) in [6, 6.07) is 0. The van der Waals surface area contributed by atoms with Gasteiger partial charge < -0.3 is 5.32 Å². The molecule has 1 aliphatic heterocycles. The lowest BCUT2D eigenvalue weighted by Gasteiger charge is -2.22. The number of sulfonamides is 1. The first-order valence-corrected chi connectivity index (χ1v) is 7.00. The van der Waals surface area contributed by atoms with Gasteiger partial charge >= 0.3 is 0 Å². The molecule has 0 radical (unpaired) electrons. The number of hydrogen-bond acceptors (Lipinski definition) is 6. The molecule has 1 aromatic rings. The first-order chi connectivity index (χ1) is 7.18. The van der Waals surface area contributed by atoms with Crippen LogP contribution >= 0.6 is 11.5 Å². The van der Waals surface area contributed by atoms with Crippen molar-refractivity contribution in [3.63, 3.8) is 0 Å². The molecule has 15 heavy (non-hydrogen) atoms. The number of anilines is 1. The fraction of sp³-hybridized carbons (Fsp3) is 0.714. The summed E-state index contributed by atoms with van der Waals surface area (Å²) in [5, 5.41) is 6.77. The molecule has 0 aliphatic carbocycles. The number of nitrogens with one attached hydrogen (secondary N) is 2. The van der Waals surface area contributed by atoms with Gasteiger partial charge in [0.2, 0.25) is 10.0 Å². The zero-order chi connectivity index (χ0) is 10.7. The summed E-state index contributed by atoms with van der Waals surface area (Å²) in [5.74, 6) is 0. The van der Waals surface area contributed by atoms with E-state index in [0.717, 1.165) is 24.5 Å². The van der Waals surface area contributed by atoms with Crippen LogP contribution in [0.25, 0.3) is 0 Å². The molecule has 0 saturated carbocycles. The molecule has 1 atom stereocenters. The molecule has 1 saturated heterocycles. The van der Waals surface area contributed by atoms with Gasteiger partial charge in [0.25, 0.3) is 0 Å². The Morgan fingerprint density at radius 3 is 3.07 bits per heavy atom. The van der Waals surface area contributed by atoms with Gasteiger partial charge in [-0.25, -0.2) is 8.42 Å². The van der Waals surface area contributed by atoms with Gasteiger partial charge in [-0.1, -0.05) is 4.49 Å². The van der Waals surface area contributed by atoms with Crippen molar-refractivity contribution in [2.45, 2.75) is 18.1 Å². The van der Waals surface area contributed by atoms with Crippen molar-refractivity contribution in [1.82, 2.24) is 14.9 Å². The number of rotatable bonds is 3. The molecule has 1 aromatic heterocycles. The average Bonchev–Trinajstić information content (AvgIpc) is 2.71. The van der Waals surface area contributed by atoms with Crippen LogP contribution in [-0.4, -0.2) is 36.3 Å². The Balaban J connectivity index is 2.05. The Kier molecular flexibility index (Phi) is 3.17. The molecule has 0 amide bonds. The van der Waals surface area contributed by atoms with Crippen LogP contribution in [0.1, 0.15) is 12.8 Å². The monoisotopic (exact) mass is 248 g/mol. The molecule has 2 N–H and O–H groups in total. The van der Waals surface area contributed by atoms with Crippen molar-refractivity contribution in [3.05, 3.63) is 6.20 Å². The van der Waals surface area contributed by atoms with Crippen molar-refractivity contribution >= 4 is 26.6 Å². The predicted octanol–water partition coefficient (Wildman–Crippen LogP) is 0.0318. The van der Waals surface area contributed by atoms with Gasteiger partial charge in [-0.05, 0) is 19.4 Å². The van der Waals surface area contributed by atoms with Gasteiger partial charge in [-0.15, -0.1) is 5.10 Å². The van der Waals surface area contributed by atoms with E-state index in [1.165, 1.54) is 6.20 Å². The van der Waals surface area contributed by atoms with Gasteiger partial charge in [-0.3, -0.25) is 4.72 Å². The molecule has 1 unspecified atom stereocenters. The molecule has 1 fully saturated rings. The second-order valence-corrected chi connectivity index (χ2v) is 6.14. The summed E-state index contributed by atoms with van der Waals surface area (Å²) in [4.78, 5) is 0. The van der Waals surface area contributed by atoms with E-state index in [-0.39, 0.29) is 5.25 Å². The standard InChI is InChI=1S/C7H12N4O2S2/c12-15(13,6-2-1-3-8-4-6)10-7-5-9-11-14-7/h5-6,8,10H,1-4H2. The molecular weight excluding hydrogens is 236 g/mol. The molecule has 0 aromatic carbocycles. The number of aromatic nitrogens is 2. The normalized spacial score (nSPS) is 22.5. The molecule has 0 bridgehead atoms. The van der Waals surface area contributed by atoms with Gasteiger partial charge in [0, 0.05) is 18.1 Å². The first-order valence-electron chi connectivity index (χ1n) is 4.68. The fourth-order valence-electron chi connectivity index (χ4n) is 1.52. The van der Waals surface area contributed by atoms with E-state index in [9.17, 15) is 8.42 Å². The third-order valence-corrected chi connectivity index (χ3v) is 4.79. The minimum atomic E-state index is -3.29. The average molecular weight is 248 g/mol. The Labute approximate surface area is 92.3 Å².